The van der Waals surface area contributed by atoms with Crippen molar-refractivity contribution >= 4 is 5.97 Å². The fourth-order valence-electron chi connectivity index (χ4n) is 2.55. The molecule has 0 aliphatic heterocycles. The molecule has 21 heavy (non-hydrogen) atoms. The van der Waals surface area contributed by atoms with Gasteiger partial charge >= 0.3 is 5.97 Å². The van der Waals surface area contributed by atoms with Crippen molar-refractivity contribution in [3.8, 4) is 0 Å². The summed E-state index contributed by atoms with van der Waals surface area (Å²) >= 11 is 0. The summed E-state index contributed by atoms with van der Waals surface area (Å²) in [6.45, 7) is 13.1. The van der Waals surface area contributed by atoms with Crippen LogP contribution in [0.3, 0.4) is 0 Å². The molecule has 1 aliphatic carbocycles. The topological polar surface area (TPSA) is 41.6 Å². The smallest absolute Gasteiger partial charge is 0.323 e. The van der Waals surface area contributed by atoms with E-state index in [0.717, 1.165) is 31.5 Å². The van der Waals surface area contributed by atoms with E-state index in [0.29, 0.717) is 12.6 Å². The molecule has 0 saturated heterocycles. The van der Waals surface area contributed by atoms with Crippen LogP contribution in [0.25, 0.3) is 0 Å². The van der Waals surface area contributed by atoms with Crippen LogP contribution in [0.4, 0.5) is 0 Å². The molecule has 1 unspecified atom stereocenters. The summed E-state index contributed by atoms with van der Waals surface area (Å²) in [5.41, 5.74) is 0. The average molecular weight is 298 g/mol. The molecule has 1 rings (SSSR count). The molecule has 1 saturated carbocycles. The Balaban J connectivity index is 2.45. The second-order valence-electron chi connectivity index (χ2n) is 6.86. The van der Waals surface area contributed by atoms with E-state index in [-0.39, 0.29) is 12.0 Å². The summed E-state index contributed by atoms with van der Waals surface area (Å²) in [6, 6.07) is 0.875. The number of hydrogen-bond donors (Lipinski definition) is 1. The van der Waals surface area contributed by atoms with Gasteiger partial charge in [-0.3, -0.25) is 4.79 Å². The summed E-state index contributed by atoms with van der Waals surface area (Å²) in [5.74, 6) is 0.631. The Hall–Kier alpha value is -0.610. The summed E-state index contributed by atoms with van der Waals surface area (Å²) in [4.78, 5) is 14.6. The number of rotatable bonds is 11. The monoisotopic (exact) mass is 298 g/mol. The Morgan fingerprint density at radius 1 is 1.19 bits per heavy atom. The molecule has 4 nitrogen and oxygen atoms in total. The molecule has 0 amide bonds. The van der Waals surface area contributed by atoms with Crippen LogP contribution in [0.1, 0.15) is 60.3 Å². The van der Waals surface area contributed by atoms with Gasteiger partial charge in [0.15, 0.2) is 0 Å². The number of nitrogens with zero attached hydrogens (tertiary/aromatic N) is 1. The normalized spacial score (nSPS) is 16.8. The van der Waals surface area contributed by atoms with Gasteiger partial charge in [-0.2, -0.15) is 0 Å². The van der Waals surface area contributed by atoms with Gasteiger partial charge in [0.25, 0.3) is 0 Å². The third-order valence-electron chi connectivity index (χ3n) is 3.87. The van der Waals surface area contributed by atoms with Crippen LogP contribution >= 0.6 is 0 Å². The largest absolute Gasteiger partial charge is 0.465 e. The fraction of sp³-hybridized carbons (Fsp3) is 0.941. The zero-order chi connectivity index (χ0) is 15.8. The van der Waals surface area contributed by atoms with Crippen molar-refractivity contribution in [3.05, 3.63) is 0 Å². The highest BCUT2D eigenvalue weighted by molar-refractivity contribution is 5.75. The predicted octanol–water partition coefficient (Wildman–Crippen LogP) is 2.82. The van der Waals surface area contributed by atoms with E-state index in [1.54, 1.807) is 0 Å². The van der Waals surface area contributed by atoms with Gasteiger partial charge in [-0.25, -0.2) is 0 Å². The molecule has 1 fully saturated rings. The molecule has 0 aromatic carbocycles. The molecular formula is C17H34N2O2. The van der Waals surface area contributed by atoms with E-state index in [4.69, 9.17) is 4.74 Å². The number of carbonyl (C=O) groups is 1. The van der Waals surface area contributed by atoms with E-state index in [1.165, 1.54) is 19.3 Å². The minimum Gasteiger partial charge on any atom is -0.465 e. The van der Waals surface area contributed by atoms with Crippen molar-refractivity contribution in [2.75, 3.05) is 19.7 Å². The molecule has 0 radical (unpaired) electrons. The highest BCUT2D eigenvalue weighted by Gasteiger charge is 2.30. The number of hydrogen-bond acceptors (Lipinski definition) is 4. The Morgan fingerprint density at radius 3 is 2.29 bits per heavy atom. The molecule has 0 aromatic heterocycles. The number of carbonyl (C=O) groups excluding carboxylic acids is 1. The van der Waals surface area contributed by atoms with Gasteiger partial charge in [-0.05, 0) is 45.1 Å². The van der Waals surface area contributed by atoms with Crippen molar-refractivity contribution in [3.63, 3.8) is 0 Å². The number of nitrogens with one attached hydrogen (secondary N) is 1. The lowest BCUT2D eigenvalue weighted by atomic mass is 10.1. The summed E-state index contributed by atoms with van der Waals surface area (Å²) in [7, 11) is 0. The quantitative estimate of drug-likeness (QED) is 0.596. The van der Waals surface area contributed by atoms with Crippen molar-refractivity contribution in [2.24, 2.45) is 5.92 Å². The fourth-order valence-corrected chi connectivity index (χ4v) is 2.55. The first-order valence-electron chi connectivity index (χ1n) is 8.60. The lowest BCUT2D eigenvalue weighted by molar-refractivity contribution is -0.146. The Labute approximate surface area is 130 Å². The first kappa shape index (κ1) is 18.4. The highest BCUT2D eigenvalue weighted by atomic mass is 16.5. The molecule has 1 aliphatic rings. The van der Waals surface area contributed by atoms with Crippen molar-refractivity contribution < 1.29 is 9.53 Å². The molecule has 124 valence electrons. The Morgan fingerprint density at radius 2 is 1.81 bits per heavy atom. The van der Waals surface area contributed by atoms with Gasteiger partial charge < -0.3 is 15.0 Å². The first-order chi connectivity index (χ1) is 9.93. The first-order valence-corrected chi connectivity index (χ1v) is 8.60. The number of ether oxygens (including phenoxy) is 1. The molecule has 4 heteroatoms. The van der Waals surface area contributed by atoms with E-state index in [2.05, 4.69) is 37.9 Å². The highest BCUT2D eigenvalue weighted by Crippen LogP contribution is 2.27. The Kier molecular flexibility index (Phi) is 8.27. The summed E-state index contributed by atoms with van der Waals surface area (Å²) < 4.78 is 5.19. The summed E-state index contributed by atoms with van der Waals surface area (Å²) in [5, 5.41) is 3.34. The zero-order valence-electron chi connectivity index (χ0n) is 14.5. The van der Waals surface area contributed by atoms with Gasteiger partial charge in [-0.1, -0.05) is 27.7 Å². The van der Waals surface area contributed by atoms with Gasteiger partial charge in [-0.15, -0.1) is 0 Å². The predicted molar refractivity (Wildman–Crippen MR) is 87.4 cm³/mol. The van der Waals surface area contributed by atoms with Crippen molar-refractivity contribution in [1.82, 2.24) is 10.2 Å². The van der Waals surface area contributed by atoms with Gasteiger partial charge in [0.05, 0.1) is 6.61 Å². The maximum atomic E-state index is 12.0. The van der Waals surface area contributed by atoms with Crippen molar-refractivity contribution in [1.29, 1.82) is 0 Å². The van der Waals surface area contributed by atoms with Crippen LogP contribution in [-0.4, -0.2) is 48.7 Å². The zero-order valence-corrected chi connectivity index (χ0v) is 14.5. The molecule has 0 bridgehead atoms. The molecule has 1 atom stereocenters. The van der Waals surface area contributed by atoms with Crippen LogP contribution in [0, 0.1) is 5.92 Å². The average Bonchev–Trinajstić information content (AvgIpc) is 3.21. The van der Waals surface area contributed by atoms with Crippen molar-refractivity contribution in [2.45, 2.75) is 78.4 Å². The minimum atomic E-state index is -0.176. The minimum absolute atomic E-state index is 0.106. The van der Waals surface area contributed by atoms with Crippen LogP contribution in [0.15, 0.2) is 0 Å². The third kappa shape index (κ3) is 7.82. The molecular weight excluding hydrogens is 264 g/mol. The molecule has 1 N–H and O–H groups in total. The lowest BCUT2D eigenvalue weighted by Crippen LogP contribution is -2.44. The Bertz CT molecular complexity index is 301. The lowest BCUT2D eigenvalue weighted by Gasteiger charge is -2.26. The van der Waals surface area contributed by atoms with Gasteiger partial charge in [0.2, 0.25) is 0 Å². The van der Waals surface area contributed by atoms with E-state index < -0.39 is 0 Å². The van der Waals surface area contributed by atoms with Gasteiger partial charge in [0, 0.05) is 18.6 Å². The van der Waals surface area contributed by atoms with Crippen LogP contribution < -0.4 is 5.32 Å². The molecule has 0 aromatic rings. The third-order valence-corrected chi connectivity index (χ3v) is 3.87. The standard InChI is InChI=1S/C17H34N2O2/c1-6-21-17(20)16(18-14(4)5)10-12-19(15-7-8-15)11-9-13(2)3/h13-16,18H,6-12H2,1-5H3. The second-order valence-corrected chi connectivity index (χ2v) is 6.86. The van der Waals surface area contributed by atoms with E-state index >= 15 is 0 Å². The van der Waals surface area contributed by atoms with E-state index in [9.17, 15) is 4.79 Å². The number of esters is 1. The second kappa shape index (κ2) is 9.42. The van der Waals surface area contributed by atoms with E-state index in [1.807, 2.05) is 6.92 Å². The van der Waals surface area contributed by atoms with Crippen LogP contribution in [0.5, 0.6) is 0 Å². The van der Waals surface area contributed by atoms with Gasteiger partial charge in [0.1, 0.15) is 6.04 Å². The maximum Gasteiger partial charge on any atom is 0.323 e. The van der Waals surface area contributed by atoms with Crippen LogP contribution in [-0.2, 0) is 9.53 Å². The summed E-state index contributed by atoms with van der Waals surface area (Å²) in [6.07, 6.45) is 4.71. The SMILES string of the molecule is CCOC(=O)C(CCN(CCC(C)C)C1CC1)NC(C)C. The maximum absolute atomic E-state index is 12.0. The van der Waals surface area contributed by atoms with Crippen LogP contribution in [0.2, 0.25) is 0 Å². The molecule has 0 spiro atoms. The molecule has 0 heterocycles.